The van der Waals surface area contributed by atoms with Crippen molar-refractivity contribution in [2.75, 3.05) is 6.54 Å². The SMILES string of the molecule is Cc1ccc(CCCNC(=O)/C=C/c2ccc([N+](=O)[O-])o2)c(C)c1. The molecule has 0 bridgehead atoms. The lowest BCUT2D eigenvalue weighted by molar-refractivity contribution is -0.402. The van der Waals surface area contributed by atoms with Gasteiger partial charge in [0.15, 0.2) is 0 Å². The van der Waals surface area contributed by atoms with Crippen molar-refractivity contribution in [1.82, 2.24) is 5.32 Å². The average molecular weight is 328 g/mol. The van der Waals surface area contributed by atoms with Gasteiger partial charge in [-0.3, -0.25) is 14.9 Å². The summed E-state index contributed by atoms with van der Waals surface area (Å²) in [6, 6.07) is 9.06. The Morgan fingerprint density at radius 3 is 2.75 bits per heavy atom. The molecule has 0 unspecified atom stereocenters. The molecular formula is C18H20N2O4. The van der Waals surface area contributed by atoms with Crippen LogP contribution in [0.15, 0.2) is 40.8 Å². The molecule has 126 valence electrons. The van der Waals surface area contributed by atoms with E-state index in [9.17, 15) is 14.9 Å². The number of benzene rings is 1. The second-order valence-electron chi connectivity index (χ2n) is 5.59. The minimum Gasteiger partial charge on any atom is -0.401 e. The molecule has 0 radical (unpaired) electrons. The summed E-state index contributed by atoms with van der Waals surface area (Å²) in [7, 11) is 0. The summed E-state index contributed by atoms with van der Waals surface area (Å²) in [5, 5.41) is 13.3. The minimum absolute atomic E-state index is 0.255. The number of aryl methyl sites for hydroxylation is 3. The van der Waals surface area contributed by atoms with Gasteiger partial charge in [-0.05, 0) is 50.0 Å². The van der Waals surface area contributed by atoms with E-state index in [0.717, 1.165) is 12.8 Å². The Morgan fingerprint density at radius 2 is 2.08 bits per heavy atom. The predicted molar refractivity (Wildman–Crippen MR) is 91.6 cm³/mol. The number of amides is 1. The molecular weight excluding hydrogens is 308 g/mol. The maximum atomic E-state index is 11.7. The molecule has 24 heavy (non-hydrogen) atoms. The Balaban J connectivity index is 1.74. The summed E-state index contributed by atoms with van der Waals surface area (Å²) >= 11 is 0. The third kappa shape index (κ3) is 5.08. The number of nitrogens with zero attached hydrogens (tertiary/aromatic N) is 1. The lowest BCUT2D eigenvalue weighted by atomic mass is 10.0. The number of nitrogens with one attached hydrogen (secondary N) is 1. The Morgan fingerprint density at radius 1 is 1.29 bits per heavy atom. The molecule has 1 aromatic heterocycles. The van der Waals surface area contributed by atoms with E-state index < -0.39 is 4.92 Å². The summed E-state index contributed by atoms with van der Waals surface area (Å²) in [5.74, 6) is -0.328. The van der Waals surface area contributed by atoms with Crippen LogP contribution in [0.25, 0.3) is 6.08 Å². The van der Waals surface area contributed by atoms with Gasteiger partial charge < -0.3 is 9.73 Å². The van der Waals surface area contributed by atoms with Gasteiger partial charge in [0, 0.05) is 12.6 Å². The Hall–Kier alpha value is -2.89. The molecule has 0 fully saturated rings. The third-order valence-corrected chi connectivity index (χ3v) is 3.61. The molecule has 1 aromatic carbocycles. The van der Waals surface area contributed by atoms with Crippen molar-refractivity contribution in [2.45, 2.75) is 26.7 Å². The smallest absolute Gasteiger partial charge is 0.401 e. The fourth-order valence-electron chi connectivity index (χ4n) is 2.36. The molecule has 1 N–H and O–H groups in total. The summed E-state index contributed by atoms with van der Waals surface area (Å²) in [5.41, 5.74) is 3.79. The van der Waals surface area contributed by atoms with Gasteiger partial charge in [-0.1, -0.05) is 23.8 Å². The first-order valence-electron chi connectivity index (χ1n) is 7.72. The van der Waals surface area contributed by atoms with Crippen molar-refractivity contribution >= 4 is 17.9 Å². The van der Waals surface area contributed by atoms with Crippen molar-refractivity contribution in [3.63, 3.8) is 0 Å². The van der Waals surface area contributed by atoms with Crippen LogP contribution >= 0.6 is 0 Å². The van der Waals surface area contributed by atoms with E-state index >= 15 is 0 Å². The standard InChI is InChI=1S/C18H20N2O4/c1-13-5-6-15(14(2)12-13)4-3-11-19-17(21)9-7-16-8-10-18(24-16)20(22)23/h5-10,12H,3-4,11H2,1-2H3,(H,19,21)/b9-7+. The molecule has 6 heteroatoms. The van der Waals surface area contributed by atoms with E-state index in [4.69, 9.17) is 4.42 Å². The van der Waals surface area contributed by atoms with E-state index in [1.54, 1.807) is 0 Å². The number of nitro groups is 1. The summed E-state index contributed by atoms with van der Waals surface area (Å²) in [6.45, 7) is 4.72. The number of hydrogen-bond donors (Lipinski definition) is 1. The highest BCUT2D eigenvalue weighted by Crippen LogP contribution is 2.16. The molecule has 1 heterocycles. The Kier molecular flexibility index (Phi) is 5.89. The second-order valence-corrected chi connectivity index (χ2v) is 5.59. The van der Waals surface area contributed by atoms with Crippen LogP contribution < -0.4 is 5.32 Å². The topological polar surface area (TPSA) is 85.4 Å². The van der Waals surface area contributed by atoms with Gasteiger partial charge in [0.05, 0.1) is 6.07 Å². The van der Waals surface area contributed by atoms with Crippen LogP contribution in [-0.2, 0) is 11.2 Å². The molecule has 0 aliphatic heterocycles. The zero-order valence-corrected chi connectivity index (χ0v) is 13.7. The van der Waals surface area contributed by atoms with E-state index in [1.165, 1.54) is 41.0 Å². The van der Waals surface area contributed by atoms with Crippen LogP contribution in [0.2, 0.25) is 0 Å². The molecule has 0 aliphatic rings. The third-order valence-electron chi connectivity index (χ3n) is 3.61. The number of furan rings is 1. The maximum Gasteiger partial charge on any atom is 0.433 e. The van der Waals surface area contributed by atoms with E-state index in [2.05, 4.69) is 37.4 Å². The average Bonchev–Trinajstić information content (AvgIpc) is 3.00. The lowest BCUT2D eigenvalue weighted by Crippen LogP contribution is -2.22. The van der Waals surface area contributed by atoms with Crippen molar-refractivity contribution < 1.29 is 14.1 Å². The zero-order valence-electron chi connectivity index (χ0n) is 13.7. The van der Waals surface area contributed by atoms with Gasteiger partial charge in [-0.25, -0.2) is 0 Å². The van der Waals surface area contributed by atoms with E-state index in [0.29, 0.717) is 6.54 Å². The van der Waals surface area contributed by atoms with Crippen LogP contribution in [0.1, 0.15) is 28.9 Å². The molecule has 2 rings (SSSR count). The monoisotopic (exact) mass is 328 g/mol. The molecule has 0 atom stereocenters. The molecule has 1 amide bonds. The molecule has 2 aromatic rings. The predicted octanol–water partition coefficient (Wildman–Crippen LogP) is 3.57. The van der Waals surface area contributed by atoms with E-state index in [1.807, 2.05) is 0 Å². The van der Waals surface area contributed by atoms with Gasteiger partial charge in [0.25, 0.3) is 0 Å². The van der Waals surface area contributed by atoms with Gasteiger partial charge in [0.2, 0.25) is 5.91 Å². The van der Waals surface area contributed by atoms with Gasteiger partial charge in [-0.2, -0.15) is 0 Å². The highest BCUT2D eigenvalue weighted by Gasteiger charge is 2.10. The van der Waals surface area contributed by atoms with Crippen molar-refractivity contribution in [3.8, 4) is 0 Å². The molecule has 0 saturated carbocycles. The highest BCUT2D eigenvalue weighted by atomic mass is 16.6. The zero-order chi connectivity index (χ0) is 17.5. The van der Waals surface area contributed by atoms with Crippen molar-refractivity contribution in [3.05, 3.63) is 69.0 Å². The fraction of sp³-hybridized carbons (Fsp3) is 0.278. The van der Waals surface area contributed by atoms with Crippen LogP contribution in [0.3, 0.4) is 0 Å². The molecule has 0 aliphatic carbocycles. The van der Waals surface area contributed by atoms with Crippen LogP contribution in [0, 0.1) is 24.0 Å². The first-order valence-corrected chi connectivity index (χ1v) is 7.72. The Labute approximate surface area is 140 Å². The van der Waals surface area contributed by atoms with Crippen molar-refractivity contribution in [2.24, 2.45) is 0 Å². The maximum absolute atomic E-state index is 11.7. The van der Waals surface area contributed by atoms with Crippen LogP contribution in [-0.4, -0.2) is 17.4 Å². The quantitative estimate of drug-likeness (QED) is 0.364. The van der Waals surface area contributed by atoms with Crippen LogP contribution in [0.5, 0.6) is 0 Å². The summed E-state index contributed by atoms with van der Waals surface area (Å²) < 4.78 is 4.94. The summed E-state index contributed by atoms with van der Waals surface area (Å²) in [4.78, 5) is 21.6. The number of carbonyl (C=O) groups excluding carboxylic acids is 1. The van der Waals surface area contributed by atoms with E-state index in [-0.39, 0.29) is 17.6 Å². The normalized spacial score (nSPS) is 10.9. The minimum atomic E-state index is -0.621. The summed E-state index contributed by atoms with van der Waals surface area (Å²) in [6.07, 6.45) is 4.46. The fourth-order valence-corrected chi connectivity index (χ4v) is 2.36. The van der Waals surface area contributed by atoms with Gasteiger partial charge in [0.1, 0.15) is 10.7 Å². The largest absolute Gasteiger partial charge is 0.433 e. The Bertz CT molecular complexity index is 762. The first-order chi connectivity index (χ1) is 11.5. The number of hydrogen-bond acceptors (Lipinski definition) is 4. The lowest BCUT2D eigenvalue weighted by Gasteiger charge is -2.07. The number of carbonyl (C=O) groups is 1. The number of rotatable bonds is 7. The van der Waals surface area contributed by atoms with Crippen LogP contribution in [0.4, 0.5) is 5.88 Å². The highest BCUT2D eigenvalue weighted by molar-refractivity contribution is 5.91. The molecule has 0 saturated heterocycles. The second kappa shape index (κ2) is 8.10. The van der Waals surface area contributed by atoms with Crippen molar-refractivity contribution in [1.29, 1.82) is 0 Å². The van der Waals surface area contributed by atoms with Gasteiger partial charge >= 0.3 is 5.88 Å². The molecule has 0 spiro atoms. The first kappa shape index (κ1) is 17.5. The van der Waals surface area contributed by atoms with Gasteiger partial charge in [-0.15, -0.1) is 0 Å². The molecule has 6 nitrogen and oxygen atoms in total.